The number of aromatic nitrogens is 1. The van der Waals surface area contributed by atoms with E-state index in [1.54, 1.807) is 0 Å². The van der Waals surface area contributed by atoms with E-state index in [-0.39, 0.29) is 5.38 Å². The molecule has 1 aromatic heterocycles. The molecule has 0 amide bonds. The summed E-state index contributed by atoms with van der Waals surface area (Å²) in [4.78, 5) is 4.29. The molecule has 0 spiro atoms. The Labute approximate surface area is 90.5 Å². The van der Waals surface area contributed by atoms with Gasteiger partial charge in [-0.3, -0.25) is 4.98 Å². The minimum atomic E-state index is 0.273. The molecule has 0 radical (unpaired) electrons. The van der Waals surface area contributed by atoms with Gasteiger partial charge >= 0.3 is 0 Å². The molecule has 0 bridgehead atoms. The highest BCUT2D eigenvalue weighted by atomic mass is 35.5. The highest BCUT2D eigenvalue weighted by molar-refractivity contribution is 6.20. The van der Waals surface area contributed by atoms with Crippen molar-refractivity contribution in [3.8, 4) is 0 Å². The lowest BCUT2D eigenvalue weighted by Crippen LogP contribution is -2.17. The van der Waals surface area contributed by atoms with E-state index in [1.807, 2.05) is 18.3 Å². The van der Waals surface area contributed by atoms with Gasteiger partial charge in [-0.25, -0.2) is 0 Å². The maximum absolute atomic E-state index is 6.28. The van der Waals surface area contributed by atoms with Crippen molar-refractivity contribution in [1.82, 2.24) is 4.98 Å². The molecule has 0 aromatic carbocycles. The molecule has 0 N–H and O–H groups in total. The first-order chi connectivity index (χ1) is 6.84. The van der Waals surface area contributed by atoms with Gasteiger partial charge in [0.2, 0.25) is 0 Å². The molecule has 1 heterocycles. The van der Waals surface area contributed by atoms with Crippen molar-refractivity contribution in [2.75, 3.05) is 0 Å². The number of hydrogen-bond acceptors (Lipinski definition) is 1. The first kappa shape index (κ1) is 9.97. The molecular weight excluding hydrogens is 194 g/mol. The van der Waals surface area contributed by atoms with Crippen LogP contribution in [0.1, 0.15) is 31.4 Å². The predicted octanol–water partition coefficient (Wildman–Crippen LogP) is 3.42. The number of alkyl halides is 1. The fourth-order valence-corrected chi connectivity index (χ4v) is 2.33. The molecule has 76 valence electrons. The molecule has 1 aliphatic carbocycles. The van der Waals surface area contributed by atoms with Gasteiger partial charge in [-0.2, -0.15) is 0 Å². The Morgan fingerprint density at radius 3 is 2.86 bits per heavy atom. The van der Waals surface area contributed by atoms with Crippen molar-refractivity contribution in [2.24, 2.45) is 5.92 Å². The Balaban J connectivity index is 1.79. The van der Waals surface area contributed by atoms with E-state index in [1.165, 1.54) is 19.3 Å². The van der Waals surface area contributed by atoms with Crippen LogP contribution in [0.25, 0.3) is 0 Å². The summed E-state index contributed by atoms with van der Waals surface area (Å²) in [6.07, 6.45) is 8.08. The van der Waals surface area contributed by atoms with Gasteiger partial charge in [0.05, 0.1) is 0 Å². The minimum absolute atomic E-state index is 0.273. The van der Waals surface area contributed by atoms with Gasteiger partial charge < -0.3 is 0 Å². The second-order valence-corrected chi connectivity index (χ2v) is 4.77. The molecule has 0 saturated heterocycles. The monoisotopic (exact) mass is 209 g/mol. The largest absolute Gasteiger partial charge is 0.261 e. The van der Waals surface area contributed by atoms with Crippen LogP contribution in [0, 0.1) is 5.92 Å². The summed E-state index contributed by atoms with van der Waals surface area (Å²) in [5, 5.41) is 0.273. The SMILES string of the molecule is ClC(Cc1ccccn1)CC1CCC1. The summed E-state index contributed by atoms with van der Waals surface area (Å²) in [6, 6.07) is 6.02. The Bertz CT molecular complexity index is 269. The van der Waals surface area contributed by atoms with Crippen molar-refractivity contribution in [1.29, 1.82) is 0 Å². The van der Waals surface area contributed by atoms with Crippen LogP contribution in [-0.2, 0) is 6.42 Å². The van der Waals surface area contributed by atoms with E-state index in [2.05, 4.69) is 11.1 Å². The molecule has 1 atom stereocenters. The van der Waals surface area contributed by atoms with Crippen LogP contribution in [0.4, 0.5) is 0 Å². The Hall–Kier alpha value is -0.560. The molecule has 1 unspecified atom stereocenters. The van der Waals surface area contributed by atoms with Crippen molar-refractivity contribution in [2.45, 2.75) is 37.5 Å². The van der Waals surface area contributed by atoms with Crippen molar-refractivity contribution in [3.63, 3.8) is 0 Å². The number of hydrogen-bond donors (Lipinski definition) is 0. The van der Waals surface area contributed by atoms with Crippen molar-refractivity contribution < 1.29 is 0 Å². The highest BCUT2D eigenvalue weighted by Crippen LogP contribution is 2.32. The summed E-state index contributed by atoms with van der Waals surface area (Å²) in [5.41, 5.74) is 1.12. The van der Waals surface area contributed by atoms with Gasteiger partial charge in [-0.15, -0.1) is 11.6 Å². The van der Waals surface area contributed by atoms with Crippen molar-refractivity contribution in [3.05, 3.63) is 30.1 Å². The van der Waals surface area contributed by atoms with Gasteiger partial charge in [0.15, 0.2) is 0 Å². The van der Waals surface area contributed by atoms with Gasteiger partial charge in [0, 0.05) is 23.7 Å². The van der Waals surface area contributed by atoms with E-state index in [4.69, 9.17) is 11.6 Å². The highest BCUT2D eigenvalue weighted by Gasteiger charge is 2.21. The van der Waals surface area contributed by atoms with Crippen LogP contribution in [0.3, 0.4) is 0 Å². The van der Waals surface area contributed by atoms with E-state index >= 15 is 0 Å². The second-order valence-electron chi connectivity index (χ2n) is 4.16. The van der Waals surface area contributed by atoms with Crippen LogP contribution in [-0.4, -0.2) is 10.4 Å². The third kappa shape index (κ3) is 2.71. The lowest BCUT2D eigenvalue weighted by atomic mass is 9.81. The first-order valence-electron chi connectivity index (χ1n) is 5.38. The van der Waals surface area contributed by atoms with Crippen LogP contribution in [0.2, 0.25) is 0 Å². The Morgan fingerprint density at radius 1 is 1.43 bits per heavy atom. The Morgan fingerprint density at radius 2 is 2.29 bits per heavy atom. The number of rotatable bonds is 4. The average Bonchev–Trinajstić information content (AvgIpc) is 2.13. The normalized spacial score (nSPS) is 18.9. The minimum Gasteiger partial charge on any atom is -0.261 e. The number of nitrogens with zero attached hydrogens (tertiary/aromatic N) is 1. The van der Waals surface area contributed by atoms with Crippen LogP contribution in [0.15, 0.2) is 24.4 Å². The molecule has 2 heteroatoms. The molecule has 1 aliphatic rings. The molecule has 0 aliphatic heterocycles. The van der Waals surface area contributed by atoms with E-state index in [0.29, 0.717) is 0 Å². The van der Waals surface area contributed by atoms with Gasteiger partial charge in [-0.1, -0.05) is 25.3 Å². The third-order valence-corrected chi connectivity index (χ3v) is 3.30. The van der Waals surface area contributed by atoms with Gasteiger partial charge in [0.25, 0.3) is 0 Å². The third-order valence-electron chi connectivity index (χ3n) is 2.97. The molecule has 2 rings (SSSR count). The second kappa shape index (κ2) is 4.79. The van der Waals surface area contributed by atoms with E-state index < -0.39 is 0 Å². The first-order valence-corrected chi connectivity index (χ1v) is 5.82. The molecular formula is C12H16ClN. The van der Waals surface area contributed by atoms with Crippen LogP contribution >= 0.6 is 11.6 Å². The molecule has 1 fully saturated rings. The zero-order valence-electron chi connectivity index (χ0n) is 8.32. The quantitative estimate of drug-likeness (QED) is 0.693. The van der Waals surface area contributed by atoms with Crippen LogP contribution in [0.5, 0.6) is 0 Å². The molecule has 1 nitrogen and oxygen atoms in total. The smallest absolute Gasteiger partial charge is 0.0418 e. The summed E-state index contributed by atoms with van der Waals surface area (Å²) in [7, 11) is 0. The number of halogens is 1. The van der Waals surface area contributed by atoms with Crippen molar-refractivity contribution >= 4 is 11.6 Å². The fourth-order valence-electron chi connectivity index (χ4n) is 1.92. The summed E-state index contributed by atoms with van der Waals surface area (Å²) in [5.74, 6) is 0.890. The number of pyridine rings is 1. The average molecular weight is 210 g/mol. The zero-order valence-corrected chi connectivity index (χ0v) is 9.08. The summed E-state index contributed by atoms with van der Waals surface area (Å²) < 4.78 is 0. The summed E-state index contributed by atoms with van der Waals surface area (Å²) >= 11 is 6.28. The fraction of sp³-hybridized carbons (Fsp3) is 0.583. The van der Waals surface area contributed by atoms with Gasteiger partial charge in [0.1, 0.15) is 0 Å². The van der Waals surface area contributed by atoms with Crippen LogP contribution < -0.4 is 0 Å². The topological polar surface area (TPSA) is 12.9 Å². The van der Waals surface area contributed by atoms with E-state index in [9.17, 15) is 0 Å². The maximum Gasteiger partial charge on any atom is 0.0418 e. The lowest BCUT2D eigenvalue weighted by molar-refractivity contribution is 0.292. The lowest BCUT2D eigenvalue weighted by Gasteiger charge is -2.27. The zero-order chi connectivity index (χ0) is 9.80. The standard InChI is InChI=1S/C12H16ClN/c13-11(8-10-4-3-5-10)9-12-6-1-2-7-14-12/h1-2,6-7,10-11H,3-5,8-9H2. The maximum atomic E-state index is 6.28. The predicted molar refractivity (Wildman–Crippen MR) is 59.5 cm³/mol. The Kier molecular flexibility index (Phi) is 3.41. The molecule has 1 aromatic rings. The van der Waals surface area contributed by atoms with Gasteiger partial charge in [-0.05, 0) is 24.5 Å². The molecule has 1 saturated carbocycles. The molecule has 14 heavy (non-hydrogen) atoms. The van der Waals surface area contributed by atoms with E-state index in [0.717, 1.165) is 24.5 Å². The summed E-state index contributed by atoms with van der Waals surface area (Å²) in [6.45, 7) is 0.